The third kappa shape index (κ3) is 19.8. The number of fused-ring (bicyclic) bond motifs is 2. The molecular weight excluding hydrogens is 997 g/mol. The number of hydrogen-bond acceptors (Lipinski definition) is 12. The Hall–Kier alpha value is -4.64. The minimum absolute atomic E-state index is 0.0237. The highest BCUT2D eigenvalue weighted by Gasteiger charge is 2.29. The van der Waals surface area contributed by atoms with Crippen molar-refractivity contribution in [2.45, 2.75) is 169 Å². The van der Waals surface area contributed by atoms with Gasteiger partial charge in [0, 0.05) is 50.3 Å². The predicted octanol–water partition coefficient (Wildman–Crippen LogP) is 11.0. The zero-order valence-corrected chi connectivity index (χ0v) is 51.6. The zero-order valence-electron chi connectivity index (χ0n) is 51.6. The maximum atomic E-state index is 7.22. The quantitative estimate of drug-likeness (QED) is 0.0920. The molecule has 4 aromatic carbocycles. The molecule has 8 atom stereocenters. The van der Waals surface area contributed by atoms with Gasteiger partial charge < -0.3 is 18.9 Å². The van der Waals surface area contributed by atoms with Crippen LogP contribution in [-0.2, 0) is 44.9 Å². The van der Waals surface area contributed by atoms with Crippen LogP contribution in [0.4, 0.5) is 0 Å². The van der Waals surface area contributed by atoms with Crippen molar-refractivity contribution in [1.82, 2.24) is 49.6 Å². The molecule has 1 fully saturated rings. The standard InChI is InChI=1S/C66H102N10O4/c1-47(2)31-57-43-77-51(9)37-71(11)60(34-50(7)8)46-80-62(36-54-25-29-56(30-26-54)40-76-66-22-18-16-20-64(66)68-70-76)42-74(14)58(32-48(3)4)44-78-52(10)38-72(12)59(33-49(5)6)45-79-61(41-73(57)13)35-53-23-27-55(28-24-53)39-75-65-21-17-15-19-63(65)67-69-75/h15-30,47-52,57-62H,31-46H2,1-14H3/t51-,52-,57+,58+,59+,60+,61-,62-/m1/s1. The summed E-state index contributed by atoms with van der Waals surface area (Å²) in [6.07, 6.45) is 5.78. The number of rotatable bonds is 16. The molecule has 1 aliphatic heterocycles. The van der Waals surface area contributed by atoms with Gasteiger partial charge in [-0.1, -0.05) is 139 Å². The first kappa shape index (κ1) is 63.0. The van der Waals surface area contributed by atoms with E-state index in [-0.39, 0.29) is 48.6 Å². The summed E-state index contributed by atoms with van der Waals surface area (Å²) in [7, 11) is 9.09. The maximum absolute atomic E-state index is 7.22. The molecule has 2 aromatic heterocycles. The first-order valence-electron chi connectivity index (χ1n) is 30.3. The molecule has 1 saturated heterocycles. The van der Waals surface area contributed by atoms with Gasteiger partial charge in [-0.2, -0.15) is 0 Å². The van der Waals surface area contributed by atoms with Gasteiger partial charge in [0.1, 0.15) is 11.0 Å². The van der Waals surface area contributed by atoms with Gasteiger partial charge in [0.15, 0.2) is 0 Å². The second kappa shape index (κ2) is 31.1. The van der Waals surface area contributed by atoms with E-state index in [1.54, 1.807) is 0 Å². The molecule has 440 valence electrons. The van der Waals surface area contributed by atoms with E-state index in [1.807, 2.05) is 45.8 Å². The van der Waals surface area contributed by atoms with Crippen LogP contribution >= 0.6 is 0 Å². The van der Waals surface area contributed by atoms with Crippen LogP contribution in [0.1, 0.15) is 117 Å². The number of para-hydroxylation sites is 2. The van der Waals surface area contributed by atoms with E-state index in [9.17, 15) is 0 Å². The highest BCUT2D eigenvalue weighted by Crippen LogP contribution is 2.23. The minimum Gasteiger partial charge on any atom is -0.376 e. The third-order valence-electron chi connectivity index (χ3n) is 16.2. The monoisotopic (exact) mass is 1100 g/mol. The van der Waals surface area contributed by atoms with Crippen LogP contribution < -0.4 is 0 Å². The van der Waals surface area contributed by atoms with E-state index >= 15 is 0 Å². The van der Waals surface area contributed by atoms with Crippen LogP contribution in [0.5, 0.6) is 0 Å². The van der Waals surface area contributed by atoms with Crippen molar-refractivity contribution in [2.24, 2.45) is 23.7 Å². The lowest BCUT2D eigenvalue weighted by molar-refractivity contribution is -0.0536. The summed E-state index contributed by atoms with van der Waals surface area (Å²) >= 11 is 0. The molecule has 0 N–H and O–H groups in total. The van der Waals surface area contributed by atoms with E-state index in [1.165, 1.54) is 22.3 Å². The summed E-state index contributed by atoms with van der Waals surface area (Å²) in [6.45, 7) is 30.3. The van der Waals surface area contributed by atoms with E-state index < -0.39 is 0 Å². The van der Waals surface area contributed by atoms with Crippen molar-refractivity contribution < 1.29 is 18.9 Å². The fourth-order valence-corrected chi connectivity index (χ4v) is 11.7. The lowest BCUT2D eigenvalue weighted by atomic mass is 10.0. The van der Waals surface area contributed by atoms with E-state index in [4.69, 9.17) is 18.9 Å². The molecule has 0 saturated carbocycles. The molecule has 0 aliphatic carbocycles. The molecular formula is C66H102N10O4. The third-order valence-corrected chi connectivity index (χ3v) is 16.2. The van der Waals surface area contributed by atoms with Crippen molar-refractivity contribution in [3.8, 4) is 0 Å². The second-order valence-electron chi connectivity index (χ2n) is 25.6. The van der Waals surface area contributed by atoms with Gasteiger partial charge in [0.05, 0.1) is 75.0 Å². The Bertz CT molecular complexity index is 2490. The summed E-state index contributed by atoms with van der Waals surface area (Å²) in [5, 5.41) is 17.7. The fraction of sp³-hybridized carbons (Fsp3) is 0.636. The lowest BCUT2D eigenvalue weighted by Gasteiger charge is -2.37. The van der Waals surface area contributed by atoms with E-state index in [0.717, 1.165) is 86.8 Å². The highest BCUT2D eigenvalue weighted by atomic mass is 16.5. The summed E-state index contributed by atoms with van der Waals surface area (Å²) in [6, 6.07) is 35.3. The van der Waals surface area contributed by atoms with E-state index in [2.05, 4.69) is 198 Å². The van der Waals surface area contributed by atoms with Crippen LogP contribution in [0, 0.1) is 23.7 Å². The molecule has 0 spiro atoms. The molecule has 14 heteroatoms. The van der Waals surface area contributed by atoms with Crippen LogP contribution in [-0.4, -0.2) is 179 Å². The van der Waals surface area contributed by atoms with Gasteiger partial charge in [-0.15, -0.1) is 10.2 Å². The number of hydrogen-bond donors (Lipinski definition) is 0. The highest BCUT2D eigenvalue weighted by molar-refractivity contribution is 5.74. The smallest absolute Gasteiger partial charge is 0.113 e. The maximum Gasteiger partial charge on any atom is 0.113 e. The Kier molecular flexibility index (Phi) is 24.5. The first-order chi connectivity index (χ1) is 38.3. The Labute approximate surface area is 481 Å². The molecule has 3 heterocycles. The number of nitrogens with zero attached hydrogens (tertiary/aromatic N) is 10. The van der Waals surface area contributed by atoms with E-state index in [0.29, 0.717) is 63.2 Å². The molecule has 6 aromatic rings. The topological polar surface area (TPSA) is 111 Å². The summed E-state index contributed by atoms with van der Waals surface area (Å²) in [5.74, 6) is 2.04. The molecule has 1 aliphatic rings. The normalized spacial score (nSPS) is 24.4. The van der Waals surface area contributed by atoms with Crippen molar-refractivity contribution in [3.63, 3.8) is 0 Å². The Morgan fingerprint density at radius 1 is 0.400 bits per heavy atom. The molecule has 0 bridgehead atoms. The van der Waals surface area contributed by atoms with Crippen LogP contribution in [0.3, 0.4) is 0 Å². The SMILES string of the molecule is CC(C)C[C@H]1CO[C@H](C)CN(C)[C@@H](CC(C)C)CO[C@H](Cc2ccc(Cn3nnc4ccccc43)cc2)CN(C)[C@@H](CC(C)C)CO[C@H](C)CN(C)[C@@H](CC(C)C)CO[C@H](Cc2ccc(Cn3nnc4ccccc43)cc2)CN1C. The van der Waals surface area contributed by atoms with Crippen molar-refractivity contribution in [2.75, 3.05) is 80.8 Å². The van der Waals surface area contributed by atoms with Gasteiger partial charge in [-0.25, -0.2) is 9.36 Å². The summed E-state index contributed by atoms with van der Waals surface area (Å²) in [5.41, 5.74) is 8.84. The Balaban J connectivity index is 1.11. The Morgan fingerprint density at radius 3 is 1.04 bits per heavy atom. The van der Waals surface area contributed by atoms with Crippen LogP contribution in [0.2, 0.25) is 0 Å². The van der Waals surface area contributed by atoms with Crippen molar-refractivity contribution in [3.05, 3.63) is 119 Å². The van der Waals surface area contributed by atoms with Gasteiger partial charge in [-0.05, 0) is 151 Å². The molecule has 7 rings (SSSR count). The lowest BCUT2D eigenvalue weighted by Crippen LogP contribution is -2.47. The fourth-order valence-electron chi connectivity index (χ4n) is 11.7. The number of benzene rings is 4. The van der Waals surface area contributed by atoms with Crippen molar-refractivity contribution >= 4 is 22.1 Å². The van der Waals surface area contributed by atoms with Crippen molar-refractivity contribution in [1.29, 1.82) is 0 Å². The predicted molar refractivity (Wildman–Crippen MR) is 327 cm³/mol. The Morgan fingerprint density at radius 2 is 0.700 bits per heavy atom. The average molecular weight is 1100 g/mol. The number of likely N-dealkylation sites (N-methyl/N-ethyl adjacent to an activating group) is 4. The number of ether oxygens (including phenoxy) is 4. The molecule has 0 amide bonds. The van der Waals surface area contributed by atoms with Gasteiger partial charge in [0.25, 0.3) is 0 Å². The summed E-state index contributed by atoms with van der Waals surface area (Å²) < 4.78 is 32.2. The molecule has 14 nitrogen and oxygen atoms in total. The largest absolute Gasteiger partial charge is 0.376 e. The molecule has 0 radical (unpaired) electrons. The van der Waals surface area contributed by atoms with Crippen LogP contribution in [0.25, 0.3) is 22.1 Å². The zero-order chi connectivity index (χ0) is 57.3. The van der Waals surface area contributed by atoms with Crippen LogP contribution in [0.15, 0.2) is 97.1 Å². The van der Waals surface area contributed by atoms with Gasteiger partial charge in [-0.3, -0.25) is 19.6 Å². The van der Waals surface area contributed by atoms with Gasteiger partial charge in [0.2, 0.25) is 0 Å². The minimum atomic E-state index is -0.0237. The molecule has 80 heavy (non-hydrogen) atoms. The first-order valence-corrected chi connectivity index (χ1v) is 30.3. The molecule has 0 unspecified atom stereocenters. The summed E-state index contributed by atoms with van der Waals surface area (Å²) in [4.78, 5) is 10.0. The average Bonchev–Trinajstić information content (AvgIpc) is 4.04. The number of aromatic nitrogens is 6. The van der Waals surface area contributed by atoms with Gasteiger partial charge >= 0.3 is 0 Å². The second-order valence-corrected chi connectivity index (χ2v) is 25.6.